The van der Waals surface area contributed by atoms with Crippen molar-refractivity contribution in [2.75, 3.05) is 0 Å². The fourth-order valence-electron chi connectivity index (χ4n) is 3.79. The average molecular weight is 355 g/mol. The monoisotopic (exact) mass is 354 g/mol. The van der Waals surface area contributed by atoms with Gasteiger partial charge in [-0.05, 0) is 34.4 Å². The van der Waals surface area contributed by atoms with Crippen LogP contribution >= 0.6 is 11.6 Å². The summed E-state index contributed by atoms with van der Waals surface area (Å²) in [5.74, 6) is 0. The minimum atomic E-state index is 0.538. The third-order valence-electron chi connectivity index (χ3n) is 4.92. The van der Waals surface area contributed by atoms with Crippen molar-refractivity contribution in [2.24, 2.45) is 0 Å². The summed E-state index contributed by atoms with van der Waals surface area (Å²) in [5, 5.41) is 6.21. The van der Waals surface area contributed by atoms with Crippen molar-refractivity contribution in [3.05, 3.63) is 71.8 Å². The van der Waals surface area contributed by atoms with Crippen molar-refractivity contribution in [1.29, 1.82) is 0 Å². The van der Waals surface area contributed by atoms with Crippen LogP contribution in [0.3, 0.4) is 0 Å². The zero-order valence-electron chi connectivity index (χ0n) is 13.5. The molecule has 0 saturated carbocycles. The topological polar surface area (TPSA) is 38.9 Å². The molecule has 0 N–H and O–H groups in total. The van der Waals surface area contributed by atoms with E-state index < -0.39 is 0 Å². The molecule has 2 heterocycles. The van der Waals surface area contributed by atoms with Crippen LogP contribution in [0.1, 0.15) is 0 Å². The molecule has 0 aliphatic heterocycles. The molecule has 6 rings (SSSR count). The van der Waals surface area contributed by atoms with Gasteiger partial charge in [0.05, 0.1) is 16.4 Å². The van der Waals surface area contributed by atoms with Gasteiger partial charge < -0.3 is 4.42 Å². The number of nitrogens with zero attached hydrogens (tertiary/aromatic N) is 2. The quantitative estimate of drug-likeness (QED) is 0.293. The Bertz CT molecular complexity index is 1500. The zero-order chi connectivity index (χ0) is 17.3. The standard InChI is InChI=1S/C22H11ClN2O/c23-12-9-10-17-18(11-12)25-22-20(24-17)19-15-7-3-1-5-13(15)14-6-2-4-8-16(14)21(19)26-22/h1-11H. The van der Waals surface area contributed by atoms with E-state index in [9.17, 15) is 0 Å². The summed E-state index contributed by atoms with van der Waals surface area (Å²) in [6.45, 7) is 0. The van der Waals surface area contributed by atoms with Crippen LogP contribution in [0.5, 0.6) is 0 Å². The van der Waals surface area contributed by atoms with Crippen molar-refractivity contribution in [1.82, 2.24) is 9.97 Å². The summed E-state index contributed by atoms with van der Waals surface area (Å²) in [6, 6.07) is 22.2. The molecule has 0 amide bonds. The van der Waals surface area contributed by atoms with E-state index in [0.29, 0.717) is 10.7 Å². The zero-order valence-corrected chi connectivity index (χ0v) is 14.3. The highest BCUT2D eigenvalue weighted by atomic mass is 35.5. The number of aromatic nitrogens is 2. The van der Waals surface area contributed by atoms with Crippen molar-refractivity contribution >= 4 is 66.4 Å². The Balaban J connectivity index is 1.95. The van der Waals surface area contributed by atoms with Crippen LogP contribution in [-0.4, -0.2) is 9.97 Å². The molecule has 0 aliphatic rings. The van der Waals surface area contributed by atoms with Gasteiger partial charge >= 0.3 is 0 Å². The molecule has 0 atom stereocenters. The second-order valence-corrected chi connectivity index (χ2v) is 6.84. The normalized spacial score (nSPS) is 12.0. The second-order valence-electron chi connectivity index (χ2n) is 6.41. The van der Waals surface area contributed by atoms with Crippen LogP contribution in [0.25, 0.3) is 54.8 Å². The fraction of sp³-hybridized carbons (Fsp3) is 0. The SMILES string of the molecule is Clc1ccc2nc3c(nc2c1)oc1c2ccccc2c2ccccc2c31. The number of hydrogen-bond donors (Lipinski definition) is 0. The summed E-state index contributed by atoms with van der Waals surface area (Å²) in [6.07, 6.45) is 0. The van der Waals surface area contributed by atoms with E-state index in [1.165, 1.54) is 10.8 Å². The minimum Gasteiger partial charge on any atom is -0.436 e. The summed E-state index contributed by atoms with van der Waals surface area (Å²) < 4.78 is 6.21. The molecule has 26 heavy (non-hydrogen) atoms. The van der Waals surface area contributed by atoms with Gasteiger partial charge in [-0.1, -0.05) is 60.1 Å². The largest absolute Gasteiger partial charge is 0.436 e. The Labute approximate surface area is 152 Å². The first-order chi connectivity index (χ1) is 12.8. The molecule has 0 saturated heterocycles. The van der Waals surface area contributed by atoms with Crippen LogP contribution in [0.2, 0.25) is 5.02 Å². The van der Waals surface area contributed by atoms with Gasteiger partial charge in [0.15, 0.2) is 0 Å². The number of rotatable bonds is 0. The molecule has 6 aromatic rings. The number of fused-ring (bicyclic) bond motifs is 9. The predicted octanol–water partition coefficient (Wildman–Crippen LogP) is 6.49. The first-order valence-electron chi connectivity index (χ1n) is 8.38. The van der Waals surface area contributed by atoms with Crippen LogP contribution < -0.4 is 0 Å². The van der Waals surface area contributed by atoms with E-state index in [-0.39, 0.29) is 0 Å². The van der Waals surface area contributed by atoms with E-state index in [2.05, 4.69) is 41.4 Å². The van der Waals surface area contributed by atoms with Crippen molar-refractivity contribution in [3.8, 4) is 0 Å². The fourth-order valence-corrected chi connectivity index (χ4v) is 3.96. The van der Waals surface area contributed by atoms with Gasteiger partial charge in [-0.2, -0.15) is 0 Å². The highest BCUT2D eigenvalue weighted by molar-refractivity contribution is 6.31. The van der Waals surface area contributed by atoms with E-state index in [1.807, 2.05) is 30.3 Å². The number of furan rings is 1. The van der Waals surface area contributed by atoms with Gasteiger partial charge in [-0.25, -0.2) is 9.97 Å². The summed E-state index contributed by atoms with van der Waals surface area (Å²) in [5.41, 5.74) is 3.70. The van der Waals surface area contributed by atoms with E-state index >= 15 is 0 Å². The molecule has 0 unspecified atom stereocenters. The first kappa shape index (κ1) is 14.0. The Kier molecular flexibility index (Phi) is 2.66. The molecule has 4 aromatic carbocycles. The lowest BCUT2D eigenvalue weighted by Crippen LogP contribution is -1.85. The van der Waals surface area contributed by atoms with Gasteiger partial charge in [-0.3, -0.25) is 0 Å². The molecule has 0 bridgehead atoms. The molecule has 2 aromatic heterocycles. The van der Waals surface area contributed by atoms with Crippen LogP contribution in [0.4, 0.5) is 0 Å². The summed E-state index contributed by atoms with van der Waals surface area (Å²) in [4.78, 5) is 9.52. The maximum absolute atomic E-state index is 6.21. The lowest BCUT2D eigenvalue weighted by molar-refractivity contribution is 0.659. The molecular formula is C22H11ClN2O. The van der Waals surface area contributed by atoms with Crippen molar-refractivity contribution in [2.45, 2.75) is 0 Å². The predicted molar refractivity (Wildman–Crippen MR) is 107 cm³/mol. The molecule has 0 aliphatic carbocycles. The molecule has 3 nitrogen and oxygen atoms in total. The maximum Gasteiger partial charge on any atom is 0.246 e. The molecule has 4 heteroatoms. The van der Waals surface area contributed by atoms with Gasteiger partial charge in [0.2, 0.25) is 5.71 Å². The van der Waals surface area contributed by atoms with E-state index in [0.717, 1.165) is 38.3 Å². The summed E-state index contributed by atoms with van der Waals surface area (Å²) >= 11 is 6.11. The van der Waals surface area contributed by atoms with E-state index in [1.54, 1.807) is 0 Å². The Morgan fingerprint density at radius 1 is 0.692 bits per heavy atom. The van der Waals surface area contributed by atoms with Crippen LogP contribution in [0, 0.1) is 0 Å². The minimum absolute atomic E-state index is 0.538. The van der Waals surface area contributed by atoms with Gasteiger partial charge in [0.1, 0.15) is 11.1 Å². The number of hydrogen-bond acceptors (Lipinski definition) is 3. The van der Waals surface area contributed by atoms with Gasteiger partial charge in [0.25, 0.3) is 0 Å². The third-order valence-corrected chi connectivity index (χ3v) is 5.15. The van der Waals surface area contributed by atoms with Crippen molar-refractivity contribution < 1.29 is 4.42 Å². The number of halogens is 1. The van der Waals surface area contributed by atoms with Gasteiger partial charge in [-0.15, -0.1) is 0 Å². The molecule has 122 valence electrons. The van der Waals surface area contributed by atoms with Crippen LogP contribution in [-0.2, 0) is 0 Å². The first-order valence-corrected chi connectivity index (χ1v) is 8.76. The Morgan fingerprint density at radius 2 is 1.38 bits per heavy atom. The lowest BCUT2D eigenvalue weighted by Gasteiger charge is -2.05. The van der Waals surface area contributed by atoms with E-state index in [4.69, 9.17) is 21.0 Å². The molecule has 0 radical (unpaired) electrons. The highest BCUT2D eigenvalue weighted by Gasteiger charge is 2.17. The molecule has 0 spiro atoms. The van der Waals surface area contributed by atoms with Gasteiger partial charge in [0, 0.05) is 10.4 Å². The highest BCUT2D eigenvalue weighted by Crippen LogP contribution is 2.39. The maximum atomic E-state index is 6.21. The lowest BCUT2D eigenvalue weighted by atomic mass is 9.98. The van der Waals surface area contributed by atoms with Crippen LogP contribution in [0.15, 0.2) is 71.1 Å². The number of benzene rings is 4. The average Bonchev–Trinajstić information content (AvgIpc) is 3.05. The Morgan fingerprint density at radius 3 is 2.19 bits per heavy atom. The Hall–Kier alpha value is -3.17. The third kappa shape index (κ3) is 1.78. The molecule has 0 fully saturated rings. The van der Waals surface area contributed by atoms with Crippen molar-refractivity contribution in [3.63, 3.8) is 0 Å². The smallest absolute Gasteiger partial charge is 0.246 e. The molecular weight excluding hydrogens is 344 g/mol. The summed E-state index contributed by atoms with van der Waals surface area (Å²) in [7, 11) is 0. The second kappa shape index (κ2) is 4.93.